The number of amides is 2. The molecule has 3 atom stereocenters. The molecule has 2 aliphatic rings. The van der Waals surface area contributed by atoms with Crippen LogP contribution in [0.2, 0.25) is 0 Å². The first-order valence-corrected chi connectivity index (χ1v) is 15.0. The van der Waals surface area contributed by atoms with E-state index in [0.717, 1.165) is 31.9 Å². The van der Waals surface area contributed by atoms with Crippen molar-refractivity contribution in [3.05, 3.63) is 64.7 Å². The zero-order valence-electron chi connectivity index (χ0n) is 24.7. The first-order chi connectivity index (χ1) is 21.4. The van der Waals surface area contributed by atoms with Gasteiger partial charge in [-0.2, -0.15) is 31.1 Å². The number of hydrogen-bond acceptors (Lipinski definition) is 4. The van der Waals surface area contributed by atoms with Crippen molar-refractivity contribution in [2.75, 3.05) is 7.11 Å². The van der Waals surface area contributed by atoms with Gasteiger partial charge in [-0.25, -0.2) is 4.79 Å². The van der Waals surface area contributed by atoms with Gasteiger partial charge in [0.1, 0.15) is 6.04 Å². The van der Waals surface area contributed by atoms with Gasteiger partial charge >= 0.3 is 30.8 Å². The molecule has 1 aliphatic carbocycles. The molecule has 0 saturated heterocycles. The number of hydrogen-bond donors (Lipinski definition) is 0. The maximum Gasteiger partial charge on any atom is 0.576 e. The summed E-state index contributed by atoms with van der Waals surface area (Å²) in [6.45, 7) is 1.27. The summed E-state index contributed by atoms with van der Waals surface area (Å²) in [5.74, 6) is -0.763. The number of nitrogens with zero attached hydrogens (tertiary/aromatic N) is 2. The molecule has 47 heavy (non-hydrogen) atoms. The van der Waals surface area contributed by atoms with Crippen LogP contribution in [0.3, 0.4) is 0 Å². The second-order valence-electron chi connectivity index (χ2n) is 11.8. The van der Waals surface area contributed by atoms with Crippen molar-refractivity contribution in [2.24, 2.45) is 5.92 Å². The Morgan fingerprint density at radius 1 is 0.894 bits per heavy atom. The third-order valence-electron chi connectivity index (χ3n) is 8.30. The van der Waals surface area contributed by atoms with Crippen LogP contribution >= 0.6 is 34.8 Å². The number of ether oxygens (including phenoxy) is 2. The van der Waals surface area contributed by atoms with E-state index in [1.165, 1.54) is 18.2 Å². The normalized spacial score (nSPS) is 22.4. The molecule has 2 amide bonds. The third kappa shape index (κ3) is 7.09. The van der Waals surface area contributed by atoms with Gasteiger partial charge in [0.25, 0.3) is 0 Å². The number of methoxy groups -OCH3 is 1. The smallest absolute Gasteiger partial charge is 0.453 e. The van der Waals surface area contributed by atoms with Gasteiger partial charge in [0.05, 0.1) is 24.3 Å². The first kappa shape index (κ1) is 37.2. The number of quaternary nitrogens is 1. The lowest BCUT2D eigenvalue weighted by Crippen LogP contribution is -2.72. The lowest BCUT2D eigenvalue weighted by Gasteiger charge is -2.49. The summed E-state index contributed by atoms with van der Waals surface area (Å²) in [5, 5.41) is 0. The second-order valence-corrected chi connectivity index (χ2v) is 14.1. The highest BCUT2D eigenvalue weighted by Gasteiger charge is 2.74. The Kier molecular flexibility index (Phi) is 9.79. The lowest BCUT2D eigenvalue weighted by atomic mass is 9.85. The highest BCUT2D eigenvalue weighted by Crippen LogP contribution is 2.57. The molecule has 0 aromatic heterocycles. The lowest BCUT2D eigenvalue weighted by molar-refractivity contribution is -0.244. The van der Waals surface area contributed by atoms with Gasteiger partial charge in [-0.15, -0.1) is 13.2 Å². The number of carbonyl (C=O) groups is 2. The molecule has 0 bridgehead atoms. The highest BCUT2D eigenvalue weighted by atomic mass is 35.6. The minimum atomic E-state index is -5.38. The third-order valence-corrected chi connectivity index (χ3v) is 9.67. The van der Waals surface area contributed by atoms with E-state index in [4.69, 9.17) is 44.3 Å². The van der Waals surface area contributed by atoms with E-state index >= 15 is 13.2 Å². The van der Waals surface area contributed by atoms with Gasteiger partial charge in [0.15, 0.2) is 11.3 Å². The number of benzene rings is 2. The number of para-hydroxylation sites is 1. The minimum Gasteiger partial charge on any atom is -0.453 e. The average Bonchev–Trinajstić information content (AvgIpc) is 3.77. The quantitative estimate of drug-likeness (QED) is 0.132. The molecule has 4 rings (SSSR count). The molecule has 1 aliphatic heterocycles. The monoisotopic (exact) mass is 743 g/mol. The molecule has 1 unspecified atom stereocenters. The number of halogens is 12. The number of alkyl halides is 12. The zero-order chi connectivity index (χ0) is 35.5. The maximum atomic E-state index is 15.5. The maximum absolute atomic E-state index is 15.5. The molecule has 18 heteroatoms. The van der Waals surface area contributed by atoms with Gasteiger partial charge in [-0.1, -0.05) is 57.5 Å². The Morgan fingerprint density at radius 2 is 1.43 bits per heavy atom. The Labute approximate surface area is 277 Å². The molecule has 2 aromatic carbocycles. The highest BCUT2D eigenvalue weighted by molar-refractivity contribution is 6.68. The fourth-order valence-electron chi connectivity index (χ4n) is 5.80. The molecular weight excluding hydrogens is 718 g/mol. The molecule has 6 nitrogen and oxygen atoms in total. The molecule has 260 valence electrons. The molecule has 2 aromatic rings. The topological polar surface area (TPSA) is 55.8 Å². The summed E-state index contributed by atoms with van der Waals surface area (Å²) in [7, 11) is 0.891. The largest absolute Gasteiger partial charge is 0.576 e. The number of fused-ring (bicyclic) bond motifs is 1. The SMILES string of the molecule is COC(=O)N(Cc1cc(C(F)(F)F)cc(C(F)(F)F)c1)C1C[C@H](C2CC2)[N@@+](C(=O)OC(C)(C)C(Cl)(Cl)Cl)(C(F)(F)F)c2ccccc21. The van der Waals surface area contributed by atoms with Gasteiger partial charge in [-0.3, -0.25) is 4.90 Å². The van der Waals surface area contributed by atoms with E-state index in [1.807, 2.05) is 0 Å². The summed E-state index contributed by atoms with van der Waals surface area (Å²) < 4.78 is 134. The van der Waals surface area contributed by atoms with Crippen molar-refractivity contribution >= 4 is 52.7 Å². The van der Waals surface area contributed by atoms with E-state index in [0.29, 0.717) is 12.1 Å². The van der Waals surface area contributed by atoms with E-state index < -0.39 is 98.1 Å². The van der Waals surface area contributed by atoms with Crippen LogP contribution in [0.1, 0.15) is 61.4 Å². The van der Waals surface area contributed by atoms with Crippen LogP contribution < -0.4 is 4.48 Å². The Bertz CT molecular complexity index is 1490. The molecule has 1 fully saturated rings. The number of carbonyl (C=O) groups excluding carboxylic acids is 2. The molecule has 1 saturated carbocycles. The van der Waals surface area contributed by atoms with Crippen molar-refractivity contribution in [1.29, 1.82) is 0 Å². The van der Waals surface area contributed by atoms with Crippen LogP contribution in [-0.2, 0) is 28.4 Å². The van der Waals surface area contributed by atoms with Crippen LogP contribution in [0, 0.1) is 5.92 Å². The van der Waals surface area contributed by atoms with Crippen molar-refractivity contribution in [1.82, 2.24) is 9.38 Å². The Hall–Kier alpha value is -2.62. The summed E-state index contributed by atoms with van der Waals surface area (Å²) in [5.41, 5.74) is -6.98. The minimum absolute atomic E-state index is 0.0928. The van der Waals surface area contributed by atoms with Crippen molar-refractivity contribution in [2.45, 2.75) is 79.8 Å². The van der Waals surface area contributed by atoms with Crippen LogP contribution in [0.5, 0.6) is 0 Å². The zero-order valence-corrected chi connectivity index (χ0v) is 26.9. The van der Waals surface area contributed by atoms with Crippen LogP contribution in [0.4, 0.5) is 54.8 Å². The van der Waals surface area contributed by atoms with E-state index in [9.17, 15) is 35.9 Å². The molecule has 0 N–H and O–H groups in total. The first-order valence-electron chi connectivity index (χ1n) is 13.8. The van der Waals surface area contributed by atoms with Gasteiger partial charge in [0, 0.05) is 30.5 Å². The average molecular weight is 745 g/mol. The van der Waals surface area contributed by atoms with E-state index in [-0.39, 0.29) is 24.5 Å². The molecular formula is C29H27Cl3F9N2O4+. The summed E-state index contributed by atoms with van der Waals surface area (Å²) in [6.07, 6.45) is -19.0. The van der Waals surface area contributed by atoms with Crippen LogP contribution in [-0.4, -0.2) is 45.9 Å². The van der Waals surface area contributed by atoms with Crippen LogP contribution in [0.15, 0.2) is 42.5 Å². The van der Waals surface area contributed by atoms with Crippen molar-refractivity contribution in [3.63, 3.8) is 0 Å². The Morgan fingerprint density at radius 3 is 1.87 bits per heavy atom. The van der Waals surface area contributed by atoms with Gasteiger partial charge in [0.2, 0.25) is 3.79 Å². The summed E-state index contributed by atoms with van der Waals surface area (Å²) >= 11 is 17.7. The van der Waals surface area contributed by atoms with Crippen LogP contribution in [0.25, 0.3) is 0 Å². The van der Waals surface area contributed by atoms with Gasteiger partial charge < -0.3 is 9.47 Å². The fraction of sp³-hybridized carbons (Fsp3) is 0.517. The predicted octanol–water partition coefficient (Wildman–Crippen LogP) is 10.3. The Balaban J connectivity index is 1.93. The van der Waals surface area contributed by atoms with Gasteiger partial charge in [-0.05, 0) is 50.5 Å². The fourth-order valence-corrected chi connectivity index (χ4v) is 5.92. The predicted molar refractivity (Wildman–Crippen MR) is 153 cm³/mol. The molecule has 0 radical (unpaired) electrons. The summed E-state index contributed by atoms with van der Waals surface area (Å²) in [4.78, 5) is 27.8. The number of rotatable bonds is 5. The standard InChI is InChI=1S/C29H27Cl3F9N2O4/c1-25(2,28(30,31)32)47-24(45)43(29(39,40)41)21-7-5-4-6-19(21)20(13-22(43)16-8-9-16)42(23(44)46-3)14-15-10-17(26(33,34)35)12-18(11-15)27(36,37)38/h4-7,10-12,16,20,22H,8-9,13-14H2,1-3H3/q+1/t20?,22-,43+/m1/s1. The van der Waals surface area contributed by atoms with Crippen molar-refractivity contribution < 1.29 is 58.6 Å². The second kappa shape index (κ2) is 12.4. The molecule has 1 heterocycles. The van der Waals surface area contributed by atoms with E-state index in [2.05, 4.69) is 0 Å². The molecule has 0 spiro atoms. The van der Waals surface area contributed by atoms with E-state index in [1.54, 1.807) is 0 Å². The summed E-state index contributed by atoms with van der Waals surface area (Å²) in [6, 6.07) is 2.28. The van der Waals surface area contributed by atoms with Crippen molar-refractivity contribution in [3.8, 4) is 0 Å².